The molecular formula is C10H12N4O3. The standard InChI is InChI=1S/C10H12N4O3/c1-6-7(4-12-16-6)10-13-9(14-17-10)8-5-15-3-2-11-8/h4,8,11H,2-3,5H2,1H3. The van der Waals surface area contributed by atoms with E-state index in [1.54, 1.807) is 13.1 Å². The molecule has 3 rings (SSSR count). The van der Waals surface area contributed by atoms with Crippen molar-refractivity contribution < 1.29 is 13.8 Å². The second-order valence-electron chi connectivity index (χ2n) is 3.84. The van der Waals surface area contributed by atoms with Gasteiger partial charge in [0.05, 0.1) is 25.5 Å². The van der Waals surface area contributed by atoms with Crippen molar-refractivity contribution in [3.05, 3.63) is 17.8 Å². The summed E-state index contributed by atoms with van der Waals surface area (Å²) in [5.74, 6) is 1.68. The molecule has 0 amide bonds. The Hall–Kier alpha value is -1.73. The van der Waals surface area contributed by atoms with Gasteiger partial charge in [-0.05, 0) is 6.92 Å². The summed E-state index contributed by atoms with van der Waals surface area (Å²) >= 11 is 0. The van der Waals surface area contributed by atoms with Gasteiger partial charge in [0.25, 0.3) is 5.89 Å². The number of rotatable bonds is 2. The molecule has 1 N–H and O–H groups in total. The van der Waals surface area contributed by atoms with Crippen LogP contribution in [0.5, 0.6) is 0 Å². The Morgan fingerprint density at radius 1 is 1.41 bits per heavy atom. The van der Waals surface area contributed by atoms with E-state index in [0.29, 0.717) is 30.7 Å². The highest BCUT2D eigenvalue weighted by Gasteiger charge is 2.22. The van der Waals surface area contributed by atoms with Crippen molar-refractivity contribution >= 4 is 0 Å². The molecule has 2 aromatic heterocycles. The van der Waals surface area contributed by atoms with Crippen LogP contribution in [-0.4, -0.2) is 35.1 Å². The van der Waals surface area contributed by atoms with Crippen molar-refractivity contribution in [3.63, 3.8) is 0 Å². The predicted octanol–water partition coefficient (Wildman–Crippen LogP) is 0.694. The van der Waals surface area contributed by atoms with Gasteiger partial charge in [-0.25, -0.2) is 0 Å². The van der Waals surface area contributed by atoms with E-state index in [9.17, 15) is 0 Å². The van der Waals surface area contributed by atoms with Crippen molar-refractivity contribution in [2.75, 3.05) is 19.8 Å². The summed E-state index contributed by atoms with van der Waals surface area (Å²) in [6.45, 7) is 3.86. The average molecular weight is 236 g/mol. The van der Waals surface area contributed by atoms with Crippen molar-refractivity contribution in [2.45, 2.75) is 13.0 Å². The number of nitrogens with zero attached hydrogens (tertiary/aromatic N) is 3. The number of aromatic nitrogens is 3. The molecular weight excluding hydrogens is 224 g/mol. The van der Waals surface area contributed by atoms with Crippen LogP contribution in [0, 0.1) is 6.92 Å². The van der Waals surface area contributed by atoms with Gasteiger partial charge in [-0.1, -0.05) is 10.3 Å². The molecule has 7 heteroatoms. The minimum absolute atomic E-state index is 0.0126. The minimum Gasteiger partial charge on any atom is -0.378 e. The van der Waals surface area contributed by atoms with Crippen LogP contribution in [0.1, 0.15) is 17.6 Å². The zero-order valence-electron chi connectivity index (χ0n) is 9.34. The lowest BCUT2D eigenvalue weighted by Crippen LogP contribution is -2.35. The molecule has 0 radical (unpaired) electrons. The van der Waals surface area contributed by atoms with Crippen molar-refractivity contribution in [1.82, 2.24) is 20.6 Å². The van der Waals surface area contributed by atoms with Gasteiger partial charge in [-0.3, -0.25) is 0 Å². The molecule has 0 spiro atoms. The summed E-state index contributed by atoms with van der Waals surface area (Å²) in [7, 11) is 0. The number of morpholine rings is 1. The lowest BCUT2D eigenvalue weighted by Gasteiger charge is -2.20. The molecule has 1 aliphatic heterocycles. The molecule has 3 heterocycles. The molecule has 1 fully saturated rings. The monoisotopic (exact) mass is 236 g/mol. The summed E-state index contributed by atoms with van der Waals surface area (Å²) in [5.41, 5.74) is 0.723. The van der Waals surface area contributed by atoms with Crippen LogP contribution in [0.4, 0.5) is 0 Å². The first-order chi connectivity index (χ1) is 8.34. The molecule has 7 nitrogen and oxygen atoms in total. The van der Waals surface area contributed by atoms with Crippen LogP contribution in [-0.2, 0) is 4.74 Å². The van der Waals surface area contributed by atoms with Gasteiger partial charge in [0, 0.05) is 6.54 Å². The highest BCUT2D eigenvalue weighted by atomic mass is 16.5. The van der Waals surface area contributed by atoms with Crippen LogP contribution in [0.3, 0.4) is 0 Å². The Morgan fingerprint density at radius 2 is 2.35 bits per heavy atom. The normalized spacial score (nSPS) is 20.6. The predicted molar refractivity (Wildman–Crippen MR) is 56.1 cm³/mol. The molecule has 90 valence electrons. The summed E-state index contributed by atoms with van der Waals surface area (Å²) in [6, 6.07) is -0.0126. The highest BCUT2D eigenvalue weighted by Crippen LogP contribution is 2.22. The van der Waals surface area contributed by atoms with E-state index in [4.69, 9.17) is 13.8 Å². The fourth-order valence-corrected chi connectivity index (χ4v) is 1.72. The molecule has 1 unspecified atom stereocenters. The van der Waals surface area contributed by atoms with E-state index in [2.05, 4.69) is 20.6 Å². The molecule has 1 saturated heterocycles. The van der Waals surface area contributed by atoms with E-state index >= 15 is 0 Å². The molecule has 2 aromatic rings. The number of hydrogen-bond donors (Lipinski definition) is 1. The van der Waals surface area contributed by atoms with Crippen molar-refractivity contribution in [3.8, 4) is 11.5 Å². The largest absolute Gasteiger partial charge is 0.378 e. The SMILES string of the molecule is Cc1oncc1-c1nc(C2COCCN2)no1. The van der Waals surface area contributed by atoms with Crippen LogP contribution in [0.2, 0.25) is 0 Å². The molecule has 17 heavy (non-hydrogen) atoms. The van der Waals surface area contributed by atoms with Gasteiger partial charge in [0.2, 0.25) is 0 Å². The maximum Gasteiger partial charge on any atom is 0.263 e. The Labute approximate surface area is 97.1 Å². The summed E-state index contributed by atoms with van der Waals surface area (Å²) in [4.78, 5) is 4.32. The molecule has 0 bridgehead atoms. The zero-order valence-corrected chi connectivity index (χ0v) is 9.34. The molecule has 0 aromatic carbocycles. The van der Waals surface area contributed by atoms with Gasteiger partial charge in [-0.15, -0.1) is 0 Å². The first-order valence-electron chi connectivity index (χ1n) is 5.41. The third-order valence-electron chi connectivity index (χ3n) is 2.66. The summed E-state index contributed by atoms with van der Waals surface area (Å²) in [6.07, 6.45) is 1.57. The average Bonchev–Trinajstić information content (AvgIpc) is 2.98. The van der Waals surface area contributed by atoms with Crippen LogP contribution in [0.25, 0.3) is 11.5 Å². The Bertz CT molecular complexity index is 501. The maximum atomic E-state index is 5.35. The fourth-order valence-electron chi connectivity index (χ4n) is 1.72. The zero-order chi connectivity index (χ0) is 11.7. The molecule has 1 atom stereocenters. The van der Waals surface area contributed by atoms with E-state index < -0.39 is 0 Å². The van der Waals surface area contributed by atoms with Gasteiger partial charge in [0.15, 0.2) is 5.82 Å². The quantitative estimate of drug-likeness (QED) is 0.820. The second-order valence-corrected chi connectivity index (χ2v) is 3.84. The third-order valence-corrected chi connectivity index (χ3v) is 2.66. The smallest absolute Gasteiger partial charge is 0.263 e. The second kappa shape index (κ2) is 4.27. The van der Waals surface area contributed by atoms with Crippen LogP contribution in [0.15, 0.2) is 15.2 Å². The van der Waals surface area contributed by atoms with E-state index in [1.807, 2.05) is 0 Å². The lowest BCUT2D eigenvalue weighted by atomic mass is 10.2. The van der Waals surface area contributed by atoms with E-state index in [-0.39, 0.29) is 6.04 Å². The van der Waals surface area contributed by atoms with Gasteiger partial charge in [-0.2, -0.15) is 4.98 Å². The molecule has 1 aliphatic rings. The first kappa shape index (κ1) is 10.4. The van der Waals surface area contributed by atoms with Crippen molar-refractivity contribution in [1.29, 1.82) is 0 Å². The lowest BCUT2D eigenvalue weighted by molar-refractivity contribution is 0.0734. The molecule has 0 saturated carbocycles. The summed E-state index contributed by atoms with van der Waals surface area (Å²) in [5, 5.41) is 10.9. The third kappa shape index (κ3) is 1.94. The molecule has 0 aliphatic carbocycles. The van der Waals surface area contributed by atoms with E-state index in [0.717, 1.165) is 12.1 Å². The number of hydrogen-bond acceptors (Lipinski definition) is 7. The Balaban J connectivity index is 1.85. The number of aryl methyl sites for hydroxylation is 1. The highest BCUT2D eigenvalue weighted by molar-refractivity contribution is 5.53. The van der Waals surface area contributed by atoms with Crippen LogP contribution < -0.4 is 5.32 Å². The number of nitrogens with one attached hydrogen (secondary N) is 1. The fraction of sp³-hybridized carbons (Fsp3) is 0.500. The van der Waals surface area contributed by atoms with Crippen LogP contribution >= 0.6 is 0 Å². The maximum absolute atomic E-state index is 5.35. The van der Waals surface area contributed by atoms with Gasteiger partial charge >= 0.3 is 0 Å². The Kier molecular flexibility index (Phi) is 2.62. The minimum atomic E-state index is -0.0126. The topological polar surface area (TPSA) is 86.2 Å². The Morgan fingerprint density at radius 3 is 3.06 bits per heavy atom. The first-order valence-corrected chi connectivity index (χ1v) is 5.41. The number of ether oxygens (including phenoxy) is 1. The van der Waals surface area contributed by atoms with E-state index in [1.165, 1.54) is 0 Å². The summed E-state index contributed by atoms with van der Waals surface area (Å²) < 4.78 is 15.5. The van der Waals surface area contributed by atoms with Gasteiger partial charge in [0.1, 0.15) is 11.3 Å². The van der Waals surface area contributed by atoms with Crippen molar-refractivity contribution in [2.24, 2.45) is 0 Å². The van der Waals surface area contributed by atoms with Gasteiger partial charge < -0.3 is 19.1 Å².